The van der Waals surface area contributed by atoms with Crippen LogP contribution in [0.15, 0.2) is 99.8 Å². The Morgan fingerprint density at radius 3 is 1.46 bits per heavy atom. The van der Waals surface area contributed by atoms with Crippen molar-refractivity contribution in [1.29, 1.82) is 0 Å². The summed E-state index contributed by atoms with van der Waals surface area (Å²) in [5.74, 6) is 0. The molecule has 2 aromatic heterocycles. The van der Waals surface area contributed by atoms with Gasteiger partial charge in [0.15, 0.2) is 0 Å². The van der Waals surface area contributed by atoms with E-state index in [1.165, 1.54) is 21.5 Å². The third kappa shape index (κ3) is 3.16. The van der Waals surface area contributed by atoms with Gasteiger partial charge in [-0.1, -0.05) is 74.2 Å². The van der Waals surface area contributed by atoms with Crippen molar-refractivity contribution in [3.63, 3.8) is 0 Å². The number of hydrogen-bond acceptors (Lipinski definition) is 2. The smallest absolute Gasteiger partial charge is 0.148 e. The van der Waals surface area contributed by atoms with Gasteiger partial charge in [0.1, 0.15) is 22.3 Å². The molecule has 6 aromatic rings. The Balaban J connectivity index is 0.000000133. The van der Waals surface area contributed by atoms with Crippen molar-refractivity contribution in [1.82, 2.24) is 0 Å². The van der Waals surface area contributed by atoms with Gasteiger partial charge in [-0.05, 0) is 46.9 Å². The van der Waals surface area contributed by atoms with Crippen LogP contribution in [-0.2, 0) is 0 Å². The van der Waals surface area contributed by atoms with E-state index >= 15 is 0 Å². The largest absolute Gasteiger partial charge is 0.456 e. The molecule has 0 aliphatic heterocycles. The zero-order valence-electron chi connectivity index (χ0n) is 14.4. The van der Waals surface area contributed by atoms with E-state index in [2.05, 4.69) is 59.0 Å². The van der Waals surface area contributed by atoms with Crippen LogP contribution in [0.5, 0.6) is 0 Å². The molecule has 0 bridgehead atoms. The summed E-state index contributed by atoms with van der Waals surface area (Å²) in [6.07, 6.45) is 0. The van der Waals surface area contributed by atoms with Gasteiger partial charge in [-0.15, -0.1) is 0 Å². The van der Waals surface area contributed by atoms with E-state index in [1.807, 2.05) is 54.6 Å². The molecule has 4 aromatic carbocycles. The third-order valence-electron chi connectivity index (χ3n) is 4.64. The molecule has 0 aliphatic carbocycles. The highest BCUT2D eigenvalue weighted by molar-refractivity contribution is 14.1. The van der Waals surface area contributed by atoms with Crippen LogP contribution in [-0.4, -0.2) is 0 Å². The van der Waals surface area contributed by atoms with Gasteiger partial charge < -0.3 is 8.83 Å². The summed E-state index contributed by atoms with van der Waals surface area (Å²) in [4.78, 5) is 0. The fraction of sp³-hybridized carbons (Fsp3) is 0.0400. The highest BCUT2D eigenvalue weighted by atomic mass is 127. The first-order chi connectivity index (χ1) is 13.3. The minimum Gasteiger partial charge on any atom is -0.456 e. The summed E-state index contributed by atoms with van der Waals surface area (Å²) in [5.41, 5.74) is 3.88. The van der Waals surface area contributed by atoms with E-state index in [0.29, 0.717) is 0 Å². The number of furan rings is 2. The van der Waals surface area contributed by atoms with Crippen molar-refractivity contribution in [2.75, 3.05) is 0 Å². The molecule has 0 N–H and O–H groups in total. The second-order valence-electron chi connectivity index (χ2n) is 6.31. The Morgan fingerprint density at radius 1 is 0.464 bits per heavy atom. The monoisotopic (exact) mass is 478 g/mol. The molecule has 3 heteroatoms. The Bertz CT molecular complexity index is 1340. The number of fused-ring (bicyclic) bond motifs is 6. The average Bonchev–Trinajstić information content (AvgIpc) is 3.28. The predicted octanol–water partition coefficient (Wildman–Crippen LogP) is 8.41. The molecule has 0 aliphatic rings. The summed E-state index contributed by atoms with van der Waals surface area (Å²) < 4.78 is 12.6. The van der Waals surface area contributed by atoms with Gasteiger partial charge in [0.05, 0.1) is 3.57 Å². The van der Waals surface area contributed by atoms with E-state index in [9.17, 15) is 0 Å². The lowest BCUT2D eigenvalue weighted by molar-refractivity contribution is 0.666. The Kier molecular flexibility index (Phi) is 5.09. The first-order valence-electron chi connectivity index (χ1n) is 8.73. The van der Waals surface area contributed by atoms with Gasteiger partial charge in [0.25, 0.3) is 0 Å². The van der Waals surface area contributed by atoms with Gasteiger partial charge in [-0.25, -0.2) is 0 Å². The van der Waals surface area contributed by atoms with E-state index in [1.54, 1.807) is 0 Å². The molecule has 28 heavy (non-hydrogen) atoms. The maximum absolute atomic E-state index is 5.78. The average molecular weight is 478 g/mol. The SMILES string of the molecule is C.Ic1cccc2c1oc1ccccc12.c1ccc2c(c1)oc1ccccc12. The van der Waals surface area contributed by atoms with Crippen LogP contribution in [0.4, 0.5) is 0 Å². The van der Waals surface area contributed by atoms with Crippen LogP contribution in [0.3, 0.4) is 0 Å². The third-order valence-corrected chi connectivity index (χ3v) is 5.49. The van der Waals surface area contributed by atoms with Crippen molar-refractivity contribution in [2.45, 2.75) is 7.43 Å². The molecule has 138 valence electrons. The van der Waals surface area contributed by atoms with E-state index in [-0.39, 0.29) is 7.43 Å². The van der Waals surface area contributed by atoms with Gasteiger partial charge >= 0.3 is 0 Å². The molecule has 6 rings (SSSR count). The second-order valence-corrected chi connectivity index (χ2v) is 7.47. The molecule has 0 unspecified atom stereocenters. The lowest BCUT2D eigenvalue weighted by Crippen LogP contribution is -1.69. The number of hydrogen-bond donors (Lipinski definition) is 0. The van der Waals surface area contributed by atoms with Crippen LogP contribution in [0.25, 0.3) is 43.9 Å². The number of benzene rings is 4. The quantitative estimate of drug-likeness (QED) is 0.205. The van der Waals surface area contributed by atoms with Crippen LogP contribution in [0.1, 0.15) is 7.43 Å². The highest BCUT2D eigenvalue weighted by Gasteiger charge is 2.07. The van der Waals surface area contributed by atoms with Crippen molar-refractivity contribution >= 4 is 66.5 Å². The fourth-order valence-electron chi connectivity index (χ4n) is 3.39. The van der Waals surface area contributed by atoms with E-state index < -0.39 is 0 Å². The molecular formula is C25H19IO2. The van der Waals surface area contributed by atoms with Gasteiger partial charge in [0.2, 0.25) is 0 Å². The molecule has 0 atom stereocenters. The van der Waals surface area contributed by atoms with Crippen LogP contribution >= 0.6 is 22.6 Å². The second kappa shape index (κ2) is 7.68. The first kappa shape index (κ1) is 18.6. The molecule has 0 spiro atoms. The van der Waals surface area contributed by atoms with E-state index in [4.69, 9.17) is 8.83 Å². The number of rotatable bonds is 0. The number of halogens is 1. The normalized spacial score (nSPS) is 10.8. The zero-order chi connectivity index (χ0) is 18.2. The maximum atomic E-state index is 5.78. The molecule has 2 heterocycles. The Morgan fingerprint density at radius 2 is 0.893 bits per heavy atom. The number of para-hydroxylation sites is 4. The summed E-state index contributed by atoms with van der Waals surface area (Å²) >= 11 is 2.30. The maximum Gasteiger partial charge on any atom is 0.148 e. The van der Waals surface area contributed by atoms with Crippen molar-refractivity contribution in [2.24, 2.45) is 0 Å². The Hall–Kier alpha value is -2.79. The van der Waals surface area contributed by atoms with Gasteiger partial charge in [-0.3, -0.25) is 0 Å². The van der Waals surface area contributed by atoms with Crippen molar-refractivity contribution in [3.8, 4) is 0 Å². The van der Waals surface area contributed by atoms with Crippen LogP contribution in [0, 0.1) is 3.57 Å². The lowest BCUT2D eigenvalue weighted by atomic mass is 10.2. The summed E-state index contributed by atoms with van der Waals surface area (Å²) in [6.45, 7) is 0. The van der Waals surface area contributed by atoms with Crippen molar-refractivity contribution in [3.05, 3.63) is 94.6 Å². The standard InChI is InChI=1S/C12H7IO.C12H8O.CH4/c13-10-6-3-5-9-8-4-1-2-7-11(8)14-12(9)10;1-3-7-11-9(5-1)10-6-2-4-8-12(10)13-11;/h1-7H;1-8H;1H4. The fourth-order valence-corrected chi connectivity index (χ4v) is 4.00. The zero-order valence-corrected chi connectivity index (χ0v) is 16.5. The molecule has 0 saturated carbocycles. The molecule has 0 radical (unpaired) electrons. The lowest BCUT2D eigenvalue weighted by Gasteiger charge is -1.90. The van der Waals surface area contributed by atoms with Crippen molar-refractivity contribution < 1.29 is 8.83 Å². The minimum absolute atomic E-state index is 0. The predicted molar refractivity (Wildman–Crippen MR) is 127 cm³/mol. The van der Waals surface area contributed by atoms with E-state index in [0.717, 1.165) is 25.9 Å². The van der Waals surface area contributed by atoms with Crippen LogP contribution in [0.2, 0.25) is 0 Å². The van der Waals surface area contributed by atoms with Gasteiger partial charge in [-0.2, -0.15) is 0 Å². The highest BCUT2D eigenvalue weighted by Crippen LogP contribution is 2.31. The Labute approximate surface area is 176 Å². The topological polar surface area (TPSA) is 26.3 Å². The molecule has 2 nitrogen and oxygen atoms in total. The minimum atomic E-state index is 0. The van der Waals surface area contributed by atoms with Gasteiger partial charge in [0, 0.05) is 21.5 Å². The molecule has 0 fully saturated rings. The van der Waals surface area contributed by atoms with Crippen LogP contribution < -0.4 is 0 Å². The first-order valence-corrected chi connectivity index (χ1v) is 9.81. The summed E-state index contributed by atoms with van der Waals surface area (Å²) in [7, 11) is 0. The molecule has 0 amide bonds. The molecule has 0 saturated heterocycles. The summed E-state index contributed by atoms with van der Waals surface area (Å²) in [5, 5.41) is 4.78. The molecular weight excluding hydrogens is 459 g/mol. The summed E-state index contributed by atoms with van der Waals surface area (Å²) in [6, 6.07) is 30.6.